The molecule has 0 aromatic heterocycles. The fourth-order valence-corrected chi connectivity index (χ4v) is 5.56. The number of methoxy groups -OCH3 is 4. The van der Waals surface area contributed by atoms with E-state index in [4.69, 9.17) is 30.4 Å². The number of rotatable bonds is 11. The molecule has 3 aromatic rings. The van der Waals surface area contributed by atoms with Gasteiger partial charge >= 0.3 is 0 Å². The lowest BCUT2D eigenvalue weighted by Crippen LogP contribution is -2.16. The van der Waals surface area contributed by atoms with Crippen molar-refractivity contribution in [3.8, 4) is 23.0 Å². The summed E-state index contributed by atoms with van der Waals surface area (Å²) in [5.41, 5.74) is 13.3. The summed E-state index contributed by atoms with van der Waals surface area (Å²) in [4.78, 5) is -0.122. The van der Waals surface area contributed by atoms with Crippen LogP contribution in [0, 0.1) is 0 Å². The van der Waals surface area contributed by atoms with Gasteiger partial charge in [-0.2, -0.15) is 0 Å². The summed E-state index contributed by atoms with van der Waals surface area (Å²) < 4.78 is 62.7. The Kier molecular flexibility index (Phi) is 8.90. The Bertz CT molecular complexity index is 1420. The Morgan fingerprint density at radius 3 is 2.08 bits per heavy atom. The number of hydrogen-bond donors (Lipinski definition) is 3. The van der Waals surface area contributed by atoms with Crippen molar-refractivity contribution in [3.63, 3.8) is 0 Å². The Balaban J connectivity index is 1.85. The molecular formula is C25H29N3O7S2. The van der Waals surface area contributed by atoms with E-state index in [-0.39, 0.29) is 27.8 Å². The van der Waals surface area contributed by atoms with Crippen molar-refractivity contribution in [3.05, 3.63) is 65.1 Å². The van der Waals surface area contributed by atoms with Gasteiger partial charge in [-0.1, -0.05) is 6.07 Å². The van der Waals surface area contributed by atoms with Gasteiger partial charge in [0.1, 0.15) is 27.9 Å². The summed E-state index contributed by atoms with van der Waals surface area (Å²) >= 11 is 0. The Morgan fingerprint density at radius 1 is 0.865 bits per heavy atom. The highest BCUT2D eigenvalue weighted by atomic mass is 32.2. The van der Waals surface area contributed by atoms with E-state index in [0.29, 0.717) is 34.1 Å². The Hall–Kier alpha value is -3.90. The summed E-state index contributed by atoms with van der Waals surface area (Å²) in [5.74, 6) is 1.94. The van der Waals surface area contributed by atoms with E-state index in [1.54, 1.807) is 36.4 Å². The maximum absolute atomic E-state index is 13.0. The molecule has 0 bridgehead atoms. The third kappa shape index (κ3) is 6.66. The predicted molar refractivity (Wildman–Crippen MR) is 146 cm³/mol. The number of nitrogen functional groups attached to an aromatic ring is 2. The molecular weight excluding hydrogens is 518 g/mol. The molecule has 0 aliphatic rings. The highest BCUT2D eigenvalue weighted by molar-refractivity contribution is 7.93. The van der Waals surface area contributed by atoms with Crippen molar-refractivity contribution < 1.29 is 31.6 Å². The van der Waals surface area contributed by atoms with Gasteiger partial charge in [-0.05, 0) is 42.0 Å². The standard InChI is InChI=1S/C25H29N3O7S2/c1-32-18-13-23(34-3)19(24(14-18)35-4)9-10-36(29)15-16-5-7-22(33-2)21(11-16)28-37(30,31)25-8-6-17(26)12-20(25)27/h5-14,28H,15,26-27H2,1-4H3. The molecule has 0 spiro atoms. The van der Waals surface area contributed by atoms with Crippen molar-refractivity contribution in [1.82, 2.24) is 0 Å². The summed E-state index contributed by atoms with van der Waals surface area (Å²) in [5, 5.41) is 1.51. The van der Waals surface area contributed by atoms with E-state index in [0.717, 1.165) is 0 Å². The van der Waals surface area contributed by atoms with Crippen molar-refractivity contribution in [2.75, 3.05) is 44.6 Å². The Labute approximate surface area is 218 Å². The summed E-state index contributed by atoms with van der Waals surface area (Å²) in [6.07, 6.45) is 1.64. The molecule has 0 heterocycles. The number of nitrogens with one attached hydrogen (secondary N) is 1. The number of anilines is 3. The third-order valence-corrected chi connectivity index (χ3v) is 7.78. The quantitative estimate of drug-likeness (QED) is 0.306. The largest absolute Gasteiger partial charge is 0.496 e. The predicted octanol–water partition coefficient (Wildman–Crippen LogP) is 3.61. The second-order valence-electron chi connectivity index (χ2n) is 7.71. The molecule has 12 heteroatoms. The molecule has 0 aliphatic carbocycles. The number of ether oxygens (including phenoxy) is 4. The van der Waals surface area contributed by atoms with Crippen LogP contribution in [0.1, 0.15) is 11.1 Å². The first-order valence-electron chi connectivity index (χ1n) is 10.8. The monoisotopic (exact) mass is 547 g/mol. The summed E-state index contributed by atoms with van der Waals surface area (Å²) in [6.45, 7) is 0. The summed E-state index contributed by atoms with van der Waals surface area (Å²) in [6, 6.07) is 12.4. The average Bonchev–Trinajstić information content (AvgIpc) is 2.86. The van der Waals surface area contributed by atoms with Crippen LogP contribution < -0.4 is 35.1 Å². The fourth-order valence-electron chi connectivity index (χ4n) is 3.49. The van der Waals surface area contributed by atoms with Crippen LogP contribution in [0.2, 0.25) is 0 Å². The molecule has 0 aliphatic heterocycles. The van der Waals surface area contributed by atoms with Crippen molar-refractivity contribution in [2.24, 2.45) is 0 Å². The highest BCUT2D eigenvalue weighted by Crippen LogP contribution is 2.35. The van der Waals surface area contributed by atoms with Crippen LogP contribution in [0.5, 0.6) is 23.0 Å². The van der Waals surface area contributed by atoms with Gasteiger partial charge in [0.15, 0.2) is 0 Å². The van der Waals surface area contributed by atoms with Crippen molar-refractivity contribution in [2.45, 2.75) is 10.6 Å². The zero-order valence-corrected chi connectivity index (χ0v) is 22.4. The summed E-state index contributed by atoms with van der Waals surface area (Å²) in [7, 11) is 0.480. The molecule has 198 valence electrons. The molecule has 3 rings (SSSR count). The molecule has 0 saturated carbocycles. The molecule has 3 aromatic carbocycles. The van der Waals surface area contributed by atoms with Gasteiger partial charge in [-0.3, -0.25) is 8.93 Å². The van der Waals surface area contributed by atoms with Crippen molar-refractivity contribution in [1.29, 1.82) is 0 Å². The molecule has 0 radical (unpaired) electrons. The SMILES string of the molecule is COc1cc(OC)c(C=CS(=O)Cc2ccc(OC)c(NS(=O)(=O)c3ccc(N)cc3N)c2)c(OC)c1. The van der Waals surface area contributed by atoms with Crippen LogP contribution in [-0.4, -0.2) is 41.1 Å². The molecule has 0 saturated heterocycles. The normalized spacial score (nSPS) is 12.2. The van der Waals surface area contributed by atoms with E-state index in [1.807, 2.05) is 0 Å². The number of hydrogen-bond acceptors (Lipinski definition) is 9. The van der Waals surface area contributed by atoms with Gasteiger partial charge < -0.3 is 30.4 Å². The van der Waals surface area contributed by atoms with Crippen LogP contribution in [0.25, 0.3) is 6.08 Å². The van der Waals surface area contributed by atoms with Crippen LogP contribution in [-0.2, 0) is 26.6 Å². The molecule has 0 fully saturated rings. The first-order valence-corrected chi connectivity index (χ1v) is 13.7. The number of benzene rings is 3. The molecule has 1 unspecified atom stereocenters. The van der Waals surface area contributed by atoms with E-state index < -0.39 is 20.8 Å². The number of nitrogens with two attached hydrogens (primary N) is 2. The molecule has 10 nitrogen and oxygen atoms in total. The molecule has 37 heavy (non-hydrogen) atoms. The van der Waals surface area contributed by atoms with Gasteiger partial charge in [0.2, 0.25) is 0 Å². The average molecular weight is 548 g/mol. The van der Waals surface area contributed by atoms with Crippen molar-refractivity contribution >= 4 is 44.0 Å². The van der Waals surface area contributed by atoms with Gasteiger partial charge in [0.25, 0.3) is 10.0 Å². The van der Waals surface area contributed by atoms with Gasteiger partial charge in [0.05, 0.1) is 61.9 Å². The van der Waals surface area contributed by atoms with E-state index >= 15 is 0 Å². The minimum atomic E-state index is -4.04. The second kappa shape index (κ2) is 11.9. The minimum absolute atomic E-state index is 0.0123. The van der Waals surface area contributed by atoms with Gasteiger partial charge in [-0.25, -0.2) is 8.42 Å². The Morgan fingerprint density at radius 2 is 1.51 bits per heavy atom. The second-order valence-corrected chi connectivity index (χ2v) is 10.7. The molecule has 0 amide bonds. The fraction of sp³-hybridized carbons (Fsp3) is 0.200. The van der Waals surface area contributed by atoms with Crippen LogP contribution in [0.3, 0.4) is 0 Å². The van der Waals surface area contributed by atoms with Crippen LogP contribution >= 0.6 is 0 Å². The lowest BCUT2D eigenvalue weighted by atomic mass is 10.1. The first-order chi connectivity index (χ1) is 17.6. The zero-order chi connectivity index (χ0) is 27.2. The lowest BCUT2D eigenvalue weighted by Gasteiger charge is -2.14. The van der Waals surface area contributed by atoms with E-state index in [1.165, 1.54) is 52.0 Å². The minimum Gasteiger partial charge on any atom is -0.496 e. The van der Waals surface area contributed by atoms with Gasteiger partial charge in [-0.15, -0.1) is 0 Å². The molecule has 5 N–H and O–H groups in total. The van der Waals surface area contributed by atoms with Gasteiger partial charge in [0, 0.05) is 23.2 Å². The van der Waals surface area contributed by atoms with Crippen LogP contribution in [0.15, 0.2) is 58.8 Å². The maximum Gasteiger partial charge on any atom is 0.264 e. The molecule has 1 atom stereocenters. The maximum atomic E-state index is 13.0. The highest BCUT2D eigenvalue weighted by Gasteiger charge is 2.20. The number of sulfonamides is 1. The van der Waals surface area contributed by atoms with E-state index in [2.05, 4.69) is 4.72 Å². The smallest absolute Gasteiger partial charge is 0.264 e. The van der Waals surface area contributed by atoms with E-state index in [9.17, 15) is 12.6 Å². The zero-order valence-electron chi connectivity index (χ0n) is 20.8. The lowest BCUT2D eigenvalue weighted by molar-refractivity contribution is 0.374. The first kappa shape index (κ1) is 27.7. The van der Waals surface area contributed by atoms with Crippen LogP contribution in [0.4, 0.5) is 17.1 Å². The topological polar surface area (TPSA) is 152 Å². The third-order valence-electron chi connectivity index (χ3n) is 5.28.